The molecule has 0 saturated carbocycles. The minimum atomic E-state index is -1.67. The molecule has 0 aromatic heterocycles. The number of hydrogen-bond donors (Lipinski definition) is 1. The number of rotatable bonds is 7. The molecule has 5 heteroatoms. The lowest BCUT2D eigenvalue weighted by atomic mass is 10.1. The van der Waals surface area contributed by atoms with Crippen molar-refractivity contribution in [3.8, 4) is 11.5 Å². The molecule has 0 aliphatic heterocycles. The first kappa shape index (κ1) is 19.9. The van der Waals surface area contributed by atoms with Crippen molar-refractivity contribution in [3.05, 3.63) is 59.7 Å². The first-order chi connectivity index (χ1) is 12.3. The Bertz CT molecular complexity index is 808. The molecule has 0 bridgehead atoms. The number of phenolic OH excluding ortho intramolecular Hbond substituents is 1. The van der Waals surface area contributed by atoms with Gasteiger partial charge in [0.1, 0.15) is 11.5 Å². The van der Waals surface area contributed by atoms with Gasteiger partial charge in [-0.25, -0.2) is 0 Å². The van der Waals surface area contributed by atoms with Gasteiger partial charge in [0.05, 0.1) is 13.1 Å². The quantitative estimate of drug-likeness (QED) is 0.428. The minimum absolute atomic E-state index is 0.255. The average Bonchev–Trinajstić information content (AvgIpc) is 2.58. The van der Waals surface area contributed by atoms with Gasteiger partial charge >= 0.3 is 0 Å². The topological polar surface area (TPSA) is 54.2 Å². The molecule has 0 saturated heterocycles. The lowest BCUT2D eigenvalue weighted by Gasteiger charge is -2.21. The second kappa shape index (κ2) is 8.81. The number of phenols is 1. The van der Waals surface area contributed by atoms with Crippen LogP contribution in [0.4, 0.5) is 0 Å². The zero-order valence-electron chi connectivity index (χ0n) is 16.3. The summed E-state index contributed by atoms with van der Waals surface area (Å²) < 4.78 is 6.17. The largest absolute Gasteiger partial charge is 0.544 e. The number of aromatic hydroxyl groups is 1. The van der Waals surface area contributed by atoms with Gasteiger partial charge in [0.2, 0.25) is 8.32 Å². The van der Waals surface area contributed by atoms with E-state index in [9.17, 15) is 5.11 Å². The number of hydrogen-bond acceptors (Lipinski definition) is 4. The lowest BCUT2D eigenvalue weighted by Crippen LogP contribution is -2.30. The molecule has 0 aliphatic rings. The minimum Gasteiger partial charge on any atom is -0.544 e. The Morgan fingerprint density at radius 2 is 1.35 bits per heavy atom. The highest BCUT2D eigenvalue weighted by Gasteiger charge is 2.18. The summed E-state index contributed by atoms with van der Waals surface area (Å²) in [6, 6.07) is 15.3. The molecule has 0 spiro atoms. The summed E-state index contributed by atoms with van der Waals surface area (Å²) in [5.74, 6) is 1.16. The van der Waals surface area contributed by atoms with Gasteiger partial charge in [-0.05, 0) is 57.8 Å². The fraction of sp³-hybridized carbons (Fsp3) is 0.333. The predicted octanol–water partition coefficient (Wildman–Crippen LogP) is 4.92. The van der Waals surface area contributed by atoms with Crippen LogP contribution in [0.2, 0.25) is 19.6 Å². The van der Waals surface area contributed by atoms with E-state index >= 15 is 0 Å². The molecule has 0 heterocycles. The van der Waals surface area contributed by atoms with Crippen molar-refractivity contribution >= 4 is 19.7 Å². The van der Waals surface area contributed by atoms with E-state index in [-0.39, 0.29) is 5.75 Å². The summed E-state index contributed by atoms with van der Waals surface area (Å²) in [5, 5.41) is 9.88. The lowest BCUT2D eigenvalue weighted by molar-refractivity contribution is 0.474. The third kappa shape index (κ3) is 5.84. The van der Waals surface area contributed by atoms with Crippen molar-refractivity contribution in [1.29, 1.82) is 0 Å². The Morgan fingerprint density at radius 1 is 0.846 bits per heavy atom. The van der Waals surface area contributed by atoms with Crippen LogP contribution in [0.5, 0.6) is 11.5 Å². The molecule has 26 heavy (non-hydrogen) atoms. The molecule has 138 valence electrons. The molecule has 0 radical (unpaired) electrons. The van der Waals surface area contributed by atoms with Crippen molar-refractivity contribution in [2.75, 3.05) is 13.1 Å². The highest BCUT2D eigenvalue weighted by Crippen LogP contribution is 2.22. The van der Waals surface area contributed by atoms with Crippen LogP contribution in [0.25, 0.3) is 0 Å². The summed E-state index contributed by atoms with van der Waals surface area (Å²) in [4.78, 5) is 9.18. The van der Waals surface area contributed by atoms with Crippen molar-refractivity contribution in [2.24, 2.45) is 9.98 Å². The summed E-state index contributed by atoms with van der Waals surface area (Å²) in [5.41, 5.74) is 3.58. The second-order valence-electron chi connectivity index (χ2n) is 7.16. The SMILES string of the molecule is CC(=NCCN=C(C)c1ccccc1O[Si](C)(C)C)c1ccccc1O. The first-order valence-electron chi connectivity index (χ1n) is 8.87. The highest BCUT2D eigenvalue weighted by atomic mass is 28.4. The van der Waals surface area contributed by atoms with E-state index in [2.05, 4.69) is 29.6 Å². The van der Waals surface area contributed by atoms with Crippen LogP contribution in [0.3, 0.4) is 0 Å². The first-order valence-corrected chi connectivity index (χ1v) is 12.3. The number of benzene rings is 2. The van der Waals surface area contributed by atoms with Crippen LogP contribution >= 0.6 is 0 Å². The van der Waals surface area contributed by atoms with Gasteiger partial charge in [0, 0.05) is 22.6 Å². The van der Waals surface area contributed by atoms with Gasteiger partial charge in [-0.2, -0.15) is 0 Å². The van der Waals surface area contributed by atoms with Crippen molar-refractivity contribution in [2.45, 2.75) is 33.5 Å². The summed E-state index contributed by atoms with van der Waals surface area (Å²) >= 11 is 0. The third-order valence-electron chi connectivity index (χ3n) is 3.78. The van der Waals surface area contributed by atoms with Gasteiger partial charge < -0.3 is 9.53 Å². The van der Waals surface area contributed by atoms with Crippen molar-refractivity contribution in [3.63, 3.8) is 0 Å². The summed E-state index contributed by atoms with van der Waals surface area (Å²) in [6.07, 6.45) is 0. The van der Waals surface area contributed by atoms with E-state index < -0.39 is 8.32 Å². The van der Waals surface area contributed by atoms with Gasteiger partial charge in [-0.1, -0.05) is 24.3 Å². The van der Waals surface area contributed by atoms with E-state index in [4.69, 9.17) is 4.43 Å². The Hall–Kier alpha value is -2.40. The van der Waals surface area contributed by atoms with Gasteiger partial charge in [0.25, 0.3) is 0 Å². The van der Waals surface area contributed by atoms with Crippen molar-refractivity contribution < 1.29 is 9.53 Å². The highest BCUT2D eigenvalue weighted by molar-refractivity contribution is 6.70. The maximum Gasteiger partial charge on any atom is 0.242 e. The number of nitrogens with zero attached hydrogens (tertiary/aromatic N) is 2. The Labute approximate surface area is 157 Å². The van der Waals surface area contributed by atoms with Crippen LogP contribution in [-0.2, 0) is 0 Å². The molecular weight excluding hydrogens is 340 g/mol. The van der Waals surface area contributed by atoms with Crippen LogP contribution in [0, 0.1) is 0 Å². The van der Waals surface area contributed by atoms with Gasteiger partial charge in [0.15, 0.2) is 0 Å². The standard InChI is InChI=1S/C21H28N2O2Si/c1-16(18-10-6-8-12-20(18)24)22-14-15-23-17(2)19-11-7-9-13-21(19)25-26(3,4)5/h6-13,24H,14-15H2,1-5H3. The molecule has 2 rings (SSSR count). The second-order valence-corrected chi connectivity index (χ2v) is 11.6. The molecule has 4 nitrogen and oxygen atoms in total. The van der Waals surface area contributed by atoms with Crippen molar-refractivity contribution in [1.82, 2.24) is 0 Å². The molecule has 2 aromatic rings. The Balaban J connectivity index is 2.05. The van der Waals surface area contributed by atoms with Crippen LogP contribution in [0.15, 0.2) is 58.5 Å². The van der Waals surface area contributed by atoms with E-state index in [1.54, 1.807) is 12.1 Å². The smallest absolute Gasteiger partial charge is 0.242 e. The van der Waals surface area contributed by atoms with Crippen LogP contribution in [-0.4, -0.2) is 37.9 Å². The Morgan fingerprint density at radius 3 is 1.92 bits per heavy atom. The maximum atomic E-state index is 9.88. The number of aliphatic imine (C=N–C) groups is 2. The molecule has 0 amide bonds. The Kier molecular flexibility index (Phi) is 6.74. The zero-order chi connectivity index (χ0) is 19.2. The summed E-state index contributed by atoms with van der Waals surface area (Å²) in [6.45, 7) is 11.6. The average molecular weight is 369 g/mol. The molecule has 1 N–H and O–H groups in total. The van der Waals surface area contributed by atoms with E-state index in [1.165, 1.54) is 0 Å². The third-order valence-corrected chi connectivity index (χ3v) is 4.62. The zero-order valence-corrected chi connectivity index (χ0v) is 17.3. The molecular formula is C21H28N2O2Si. The molecule has 0 fully saturated rings. The summed E-state index contributed by atoms with van der Waals surface area (Å²) in [7, 11) is -1.67. The predicted molar refractivity (Wildman–Crippen MR) is 113 cm³/mol. The molecule has 0 aliphatic carbocycles. The normalized spacial score (nSPS) is 13.0. The van der Waals surface area contributed by atoms with E-state index in [0.717, 1.165) is 28.3 Å². The maximum absolute atomic E-state index is 9.88. The molecule has 0 unspecified atom stereocenters. The fourth-order valence-corrected chi connectivity index (χ4v) is 3.41. The monoisotopic (exact) mass is 368 g/mol. The van der Waals surface area contributed by atoms with Gasteiger partial charge in [-0.3, -0.25) is 9.98 Å². The molecule has 2 aromatic carbocycles. The van der Waals surface area contributed by atoms with Crippen LogP contribution in [0.1, 0.15) is 25.0 Å². The van der Waals surface area contributed by atoms with Crippen LogP contribution < -0.4 is 4.43 Å². The molecule has 0 atom stereocenters. The van der Waals surface area contributed by atoms with E-state index in [0.29, 0.717) is 13.1 Å². The number of para-hydroxylation sites is 2. The van der Waals surface area contributed by atoms with Gasteiger partial charge in [-0.15, -0.1) is 0 Å². The fourth-order valence-electron chi connectivity index (χ4n) is 2.57. The van der Waals surface area contributed by atoms with E-state index in [1.807, 2.05) is 50.2 Å².